The first-order chi connectivity index (χ1) is 10.8. The van der Waals surface area contributed by atoms with Gasteiger partial charge in [-0.15, -0.1) is 0 Å². The van der Waals surface area contributed by atoms with Crippen LogP contribution in [0.3, 0.4) is 0 Å². The van der Waals surface area contributed by atoms with E-state index in [1.165, 1.54) is 51.6 Å². The molecule has 0 spiro atoms. The van der Waals surface area contributed by atoms with Gasteiger partial charge < -0.3 is 9.64 Å². The van der Waals surface area contributed by atoms with Crippen LogP contribution in [0.15, 0.2) is 12.7 Å². The lowest BCUT2D eigenvalue weighted by Crippen LogP contribution is -2.39. The normalized spacial score (nSPS) is 30.5. The molecule has 3 rings (SSSR count). The molecule has 2 fully saturated rings. The highest BCUT2D eigenvalue weighted by Gasteiger charge is 2.23. The van der Waals surface area contributed by atoms with E-state index in [1.807, 2.05) is 11.0 Å². The average molecular weight is 306 g/mol. The summed E-state index contributed by atoms with van der Waals surface area (Å²) in [5.74, 6) is 1.44. The van der Waals surface area contributed by atoms with Gasteiger partial charge in [-0.1, -0.05) is 19.8 Å². The zero-order chi connectivity index (χ0) is 15.2. The summed E-state index contributed by atoms with van der Waals surface area (Å²) in [5.41, 5.74) is 0. The SMILES string of the molecule is CC1CCCCC1OCCN1CCCC(Cn2cncn2)C1. The van der Waals surface area contributed by atoms with Crippen molar-refractivity contribution in [2.45, 2.75) is 58.1 Å². The number of hydrogen-bond donors (Lipinski definition) is 0. The standard InChI is InChI=1S/C17H30N4O/c1-15-5-2-3-7-17(15)22-10-9-20-8-4-6-16(11-20)12-21-14-18-13-19-21/h13-17H,2-12H2,1H3. The lowest BCUT2D eigenvalue weighted by molar-refractivity contribution is -0.0177. The van der Waals surface area contributed by atoms with E-state index in [0.717, 1.165) is 25.6 Å². The number of ether oxygens (including phenoxy) is 1. The molecule has 1 aromatic heterocycles. The second-order valence-corrected chi connectivity index (χ2v) is 7.10. The van der Waals surface area contributed by atoms with E-state index in [1.54, 1.807) is 6.33 Å². The maximum absolute atomic E-state index is 6.17. The third kappa shape index (κ3) is 4.53. The first-order valence-electron chi connectivity index (χ1n) is 8.97. The monoisotopic (exact) mass is 306 g/mol. The minimum atomic E-state index is 0.504. The molecule has 1 aliphatic heterocycles. The van der Waals surface area contributed by atoms with Crippen LogP contribution < -0.4 is 0 Å². The van der Waals surface area contributed by atoms with Crippen molar-refractivity contribution in [2.75, 3.05) is 26.2 Å². The molecule has 0 aromatic carbocycles. The molecule has 1 saturated carbocycles. The Kier molecular flexibility index (Phi) is 5.84. The Bertz CT molecular complexity index is 422. The molecular weight excluding hydrogens is 276 g/mol. The molecular formula is C17H30N4O. The molecule has 1 aromatic rings. The quantitative estimate of drug-likeness (QED) is 0.810. The van der Waals surface area contributed by atoms with Crippen LogP contribution in [0, 0.1) is 11.8 Å². The number of aromatic nitrogens is 3. The molecule has 3 unspecified atom stereocenters. The summed E-state index contributed by atoms with van der Waals surface area (Å²) in [5, 5.41) is 4.23. The van der Waals surface area contributed by atoms with E-state index >= 15 is 0 Å². The van der Waals surface area contributed by atoms with Crippen molar-refractivity contribution in [1.29, 1.82) is 0 Å². The fraction of sp³-hybridized carbons (Fsp3) is 0.882. The highest BCUT2D eigenvalue weighted by Crippen LogP contribution is 2.26. The maximum Gasteiger partial charge on any atom is 0.137 e. The summed E-state index contributed by atoms with van der Waals surface area (Å²) in [6.45, 7) is 7.71. The smallest absolute Gasteiger partial charge is 0.137 e. The summed E-state index contributed by atoms with van der Waals surface area (Å²) in [6.07, 6.45) is 11.9. The number of hydrogen-bond acceptors (Lipinski definition) is 4. The Morgan fingerprint density at radius 2 is 2.09 bits per heavy atom. The second kappa shape index (κ2) is 8.06. The second-order valence-electron chi connectivity index (χ2n) is 7.10. The fourth-order valence-corrected chi connectivity index (χ4v) is 3.96. The molecule has 5 heteroatoms. The van der Waals surface area contributed by atoms with E-state index in [0.29, 0.717) is 12.0 Å². The van der Waals surface area contributed by atoms with E-state index in [9.17, 15) is 0 Å². The molecule has 0 bridgehead atoms. The zero-order valence-electron chi connectivity index (χ0n) is 13.9. The molecule has 22 heavy (non-hydrogen) atoms. The van der Waals surface area contributed by atoms with Crippen LogP contribution in [-0.2, 0) is 11.3 Å². The zero-order valence-corrected chi connectivity index (χ0v) is 13.9. The number of nitrogens with zero attached hydrogens (tertiary/aromatic N) is 4. The van der Waals surface area contributed by atoms with Crippen molar-refractivity contribution in [2.24, 2.45) is 11.8 Å². The van der Waals surface area contributed by atoms with Crippen LogP contribution in [0.25, 0.3) is 0 Å². The van der Waals surface area contributed by atoms with Crippen LogP contribution in [-0.4, -0.2) is 52.0 Å². The molecule has 1 saturated heterocycles. The van der Waals surface area contributed by atoms with Crippen molar-refractivity contribution in [3.63, 3.8) is 0 Å². The van der Waals surface area contributed by atoms with Crippen molar-refractivity contribution in [3.8, 4) is 0 Å². The van der Waals surface area contributed by atoms with Gasteiger partial charge in [0.25, 0.3) is 0 Å². The van der Waals surface area contributed by atoms with Crippen molar-refractivity contribution in [3.05, 3.63) is 12.7 Å². The Hall–Kier alpha value is -0.940. The number of likely N-dealkylation sites (tertiary alicyclic amines) is 1. The molecule has 2 heterocycles. The van der Waals surface area contributed by atoms with Gasteiger partial charge in [-0.3, -0.25) is 4.68 Å². The maximum atomic E-state index is 6.17. The van der Waals surface area contributed by atoms with Gasteiger partial charge in [0.15, 0.2) is 0 Å². The Labute approximate surface area is 134 Å². The molecule has 2 aliphatic rings. The lowest BCUT2D eigenvalue weighted by atomic mass is 9.88. The highest BCUT2D eigenvalue weighted by molar-refractivity contribution is 4.75. The Balaban J connectivity index is 1.37. The largest absolute Gasteiger partial charge is 0.377 e. The Morgan fingerprint density at radius 1 is 1.18 bits per heavy atom. The van der Waals surface area contributed by atoms with Crippen LogP contribution in [0.1, 0.15) is 45.4 Å². The first-order valence-corrected chi connectivity index (χ1v) is 8.97. The summed E-state index contributed by atoms with van der Waals surface area (Å²) in [6, 6.07) is 0. The van der Waals surface area contributed by atoms with Gasteiger partial charge in [-0.2, -0.15) is 5.10 Å². The minimum absolute atomic E-state index is 0.504. The number of rotatable bonds is 6. The van der Waals surface area contributed by atoms with Crippen LogP contribution in [0.5, 0.6) is 0 Å². The molecule has 3 atom stereocenters. The number of piperidine rings is 1. The van der Waals surface area contributed by atoms with Crippen molar-refractivity contribution < 1.29 is 4.74 Å². The summed E-state index contributed by atoms with van der Waals surface area (Å²) >= 11 is 0. The van der Waals surface area contributed by atoms with E-state index in [4.69, 9.17) is 4.74 Å². The van der Waals surface area contributed by atoms with Crippen molar-refractivity contribution in [1.82, 2.24) is 19.7 Å². The topological polar surface area (TPSA) is 43.2 Å². The fourth-order valence-electron chi connectivity index (χ4n) is 3.96. The molecule has 1 aliphatic carbocycles. The molecule has 0 amide bonds. The predicted octanol–water partition coefficient (Wildman–Crippen LogP) is 2.59. The van der Waals surface area contributed by atoms with Crippen LogP contribution in [0.2, 0.25) is 0 Å². The molecule has 0 N–H and O–H groups in total. The predicted molar refractivity (Wildman–Crippen MR) is 86.6 cm³/mol. The molecule has 5 nitrogen and oxygen atoms in total. The van der Waals surface area contributed by atoms with Crippen molar-refractivity contribution >= 4 is 0 Å². The average Bonchev–Trinajstić information content (AvgIpc) is 3.03. The Morgan fingerprint density at radius 3 is 2.91 bits per heavy atom. The van der Waals surface area contributed by atoms with Gasteiger partial charge >= 0.3 is 0 Å². The summed E-state index contributed by atoms with van der Waals surface area (Å²) in [4.78, 5) is 6.60. The van der Waals surface area contributed by atoms with E-state index in [-0.39, 0.29) is 0 Å². The van der Waals surface area contributed by atoms with E-state index in [2.05, 4.69) is 21.9 Å². The minimum Gasteiger partial charge on any atom is -0.377 e. The van der Waals surface area contributed by atoms with Gasteiger partial charge in [0.2, 0.25) is 0 Å². The summed E-state index contributed by atoms with van der Waals surface area (Å²) < 4.78 is 8.14. The summed E-state index contributed by atoms with van der Waals surface area (Å²) in [7, 11) is 0. The molecule has 0 radical (unpaired) electrons. The van der Waals surface area contributed by atoms with Gasteiger partial charge in [-0.05, 0) is 44.1 Å². The van der Waals surface area contributed by atoms with Crippen LogP contribution in [0.4, 0.5) is 0 Å². The highest BCUT2D eigenvalue weighted by atomic mass is 16.5. The van der Waals surface area contributed by atoms with Gasteiger partial charge in [0.05, 0.1) is 12.7 Å². The van der Waals surface area contributed by atoms with Gasteiger partial charge in [-0.25, -0.2) is 4.98 Å². The first kappa shape index (κ1) is 15.9. The molecule has 124 valence electrons. The lowest BCUT2D eigenvalue weighted by Gasteiger charge is -2.34. The van der Waals surface area contributed by atoms with E-state index < -0.39 is 0 Å². The third-order valence-electron chi connectivity index (χ3n) is 5.29. The van der Waals surface area contributed by atoms with Gasteiger partial charge in [0, 0.05) is 19.6 Å². The van der Waals surface area contributed by atoms with Crippen LogP contribution >= 0.6 is 0 Å². The third-order valence-corrected chi connectivity index (χ3v) is 5.29. The van der Waals surface area contributed by atoms with Gasteiger partial charge in [0.1, 0.15) is 12.7 Å².